The minimum absolute atomic E-state index is 0.177. The second-order valence-corrected chi connectivity index (χ2v) is 3.65. The number of ether oxygens (including phenoxy) is 1. The zero-order valence-corrected chi connectivity index (χ0v) is 9.22. The van der Waals surface area contributed by atoms with Gasteiger partial charge in [-0.15, -0.1) is 0 Å². The molecule has 1 unspecified atom stereocenters. The topological polar surface area (TPSA) is 122 Å². The van der Waals surface area contributed by atoms with Crippen molar-refractivity contribution in [1.82, 2.24) is 10.2 Å². The van der Waals surface area contributed by atoms with Gasteiger partial charge in [-0.1, -0.05) is 0 Å². The molecular weight excluding hydrogens is 230 g/mol. The number of carbonyl (C=O) groups excluding carboxylic acids is 2. The minimum atomic E-state index is -1.01. The predicted molar refractivity (Wildman–Crippen MR) is 56.2 cm³/mol. The number of carbonyl (C=O) groups is 3. The number of rotatable bonds is 4. The Morgan fingerprint density at radius 3 is 2.76 bits per heavy atom. The van der Waals surface area contributed by atoms with E-state index in [0.717, 1.165) is 0 Å². The number of aliphatic carboxylic acids is 1. The molecule has 0 saturated carbocycles. The molecule has 1 heterocycles. The van der Waals surface area contributed by atoms with Gasteiger partial charge in [0, 0.05) is 6.54 Å². The summed E-state index contributed by atoms with van der Waals surface area (Å²) in [4.78, 5) is 34.1. The molecular formula is C9H15N3O5. The number of nitrogens with two attached hydrogens (primary N) is 1. The number of hydrogen-bond acceptors (Lipinski definition) is 4. The number of urea groups is 1. The number of carboxylic acid groups (broad SMARTS) is 1. The van der Waals surface area contributed by atoms with Gasteiger partial charge in [0.1, 0.15) is 0 Å². The van der Waals surface area contributed by atoms with E-state index in [9.17, 15) is 14.4 Å². The second-order valence-electron chi connectivity index (χ2n) is 3.65. The summed E-state index contributed by atoms with van der Waals surface area (Å²) in [6.45, 7) is 0.551. The van der Waals surface area contributed by atoms with E-state index in [1.165, 1.54) is 4.90 Å². The van der Waals surface area contributed by atoms with E-state index in [0.29, 0.717) is 13.2 Å². The average molecular weight is 245 g/mol. The van der Waals surface area contributed by atoms with Gasteiger partial charge in [0.15, 0.2) is 0 Å². The smallest absolute Gasteiger partial charge is 0.318 e. The molecule has 0 radical (unpaired) electrons. The third-order valence-electron chi connectivity index (χ3n) is 2.31. The van der Waals surface area contributed by atoms with Crippen molar-refractivity contribution in [2.24, 2.45) is 5.73 Å². The van der Waals surface area contributed by atoms with Crippen LogP contribution in [0, 0.1) is 0 Å². The molecule has 4 N–H and O–H groups in total. The van der Waals surface area contributed by atoms with Crippen LogP contribution in [0.4, 0.5) is 4.79 Å². The number of morpholine rings is 1. The molecule has 3 amide bonds. The van der Waals surface area contributed by atoms with E-state index in [1.807, 2.05) is 0 Å². The maximum atomic E-state index is 11.7. The molecule has 0 bridgehead atoms. The van der Waals surface area contributed by atoms with Crippen molar-refractivity contribution in [2.45, 2.75) is 12.5 Å². The minimum Gasteiger partial charge on any atom is -0.481 e. The van der Waals surface area contributed by atoms with Crippen LogP contribution in [0.1, 0.15) is 6.42 Å². The molecule has 1 aliphatic heterocycles. The summed E-state index contributed by atoms with van der Waals surface area (Å²) in [6, 6.07) is -1.02. The van der Waals surface area contributed by atoms with Gasteiger partial charge in [0.05, 0.1) is 32.2 Å². The molecule has 0 aromatic carbocycles. The van der Waals surface area contributed by atoms with Crippen LogP contribution in [0.25, 0.3) is 0 Å². The molecule has 1 rings (SSSR count). The number of primary amides is 1. The molecule has 0 spiro atoms. The van der Waals surface area contributed by atoms with Gasteiger partial charge in [-0.2, -0.15) is 0 Å². The van der Waals surface area contributed by atoms with Gasteiger partial charge in [-0.05, 0) is 0 Å². The lowest BCUT2D eigenvalue weighted by Crippen LogP contribution is -2.54. The van der Waals surface area contributed by atoms with Crippen LogP contribution in [0.3, 0.4) is 0 Å². The first-order valence-electron chi connectivity index (χ1n) is 5.13. The van der Waals surface area contributed by atoms with Gasteiger partial charge >= 0.3 is 12.0 Å². The summed E-state index contributed by atoms with van der Waals surface area (Å²) in [5, 5.41) is 11.0. The van der Waals surface area contributed by atoms with Crippen LogP contribution in [0.5, 0.6) is 0 Å². The Kier molecular flexibility index (Phi) is 4.70. The maximum absolute atomic E-state index is 11.7. The lowest BCUT2D eigenvalue weighted by Gasteiger charge is -2.34. The largest absolute Gasteiger partial charge is 0.481 e. The van der Waals surface area contributed by atoms with Crippen molar-refractivity contribution in [1.29, 1.82) is 0 Å². The molecule has 0 aromatic heterocycles. The van der Waals surface area contributed by atoms with Crippen LogP contribution < -0.4 is 11.1 Å². The average Bonchev–Trinajstić information content (AvgIpc) is 2.25. The predicted octanol–water partition coefficient (Wildman–Crippen LogP) is -1.64. The van der Waals surface area contributed by atoms with Gasteiger partial charge in [-0.3, -0.25) is 9.59 Å². The SMILES string of the molecule is NC(=O)CNC(=O)N1CCOCC1CC(=O)O. The standard InChI is InChI=1S/C9H15N3O5/c10-7(13)4-11-9(16)12-1-2-17-5-6(12)3-8(14)15/h6H,1-5H2,(H2,10,13)(H,11,16)(H,14,15). The van der Waals surface area contributed by atoms with E-state index in [2.05, 4.69) is 5.32 Å². The fraction of sp³-hybridized carbons (Fsp3) is 0.667. The molecule has 1 saturated heterocycles. The Balaban J connectivity index is 2.54. The summed E-state index contributed by atoms with van der Waals surface area (Å²) in [6.07, 6.45) is -0.190. The highest BCUT2D eigenvalue weighted by atomic mass is 16.5. The summed E-state index contributed by atoms with van der Waals surface area (Å²) in [7, 11) is 0. The van der Waals surface area contributed by atoms with Gasteiger partial charge in [-0.25, -0.2) is 4.79 Å². The van der Waals surface area contributed by atoms with E-state index >= 15 is 0 Å². The van der Waals surface area contributed by atoms with Gasteiger partial charge < -0.3 is 25.8 Å². The number of carboxylic acids is 1. The second kappa shape index (κ2) is 6.04. The molecule has 1 fully saturated rings. The normalized spacial score (nSPS) is 19.8. The van der Waals surface area contributed by atoms with Crippen LogP contribution in [0.2, 0.25) is 0 Å². The van der Waals surface area contributed by atoms with Crippen LogP contribution >= 0.6 is 0 Å². The van der Waals surface area contributed by atoms with E-state index in [1.54, 1.807) is 0 Å². The molecule has 96 valence electrons. The molecule has 1 aliphatic rings. The first kappa shape index (κ1) is 13.2. The Morgan fingerprint density at radius 2 is 2.18 bits per heavy atom. The lowest BCUT2D eigenvalue weighted by molar-refractivity contribution is -0.139. The van der Waals surface area contributed by atoms with Crippen LogP contribution in [-0.2, 0) is 14.3 Å². The van der Waals surface area contributed by atoms with Crippen molar-refractivity contribution in [2.75, 3.05) is 26.3 Å². The van der Waals surface area contributed by atoms with Crippen LogP contribution in [-0.4, -0.2) is 60.3 Å². The van der Waals surface area contributed by atoms with Gasteiger partial charge in [0.25, 0.3) is 0 Å². The highest BCUT2D eigenvalue weighted by molar-refractivity contribution is 5.83. The monoisotopic (exact) mass is 245 g/mol. The third-order valence-corrected chi connectivity index (χ3v) is 2.31. The van der Waals surface area contributed by atoms with Crippen molar-refractivity contribution in [3.8, 4) is 0 Å². The molecule has 8 nitrogen and oxygen atoms in total. The fourth-order valence-electron chi connectivity index (χ4n) is 1.56. The van der Waals surface area contributed by atoms with Crippen molar-refractivity contribution >= 4 is 17.9 Å². The maximum Gasteiger partial charge on any atom is 0.318 e. The van der Waals surface area contributed by atoms with Gasteiger partial charge in [0.2, 0.25) is 5.91 Å². The van der Waals surface area contributed by atoms with Crippen molar-refractivity contribution in [3.63, 3.8) is 0 Å². The first-order chi connectivity index (χ1) is 8.00. The van der Waals surface area contributed by atoms with Crippen molar-refractivity contribution in [3.05, 3.63) is 0 Å². The molecule has 0 aromatic rings. The van der Waals surface area contributed by atoms with Crippen molar-refractivity contribution < 1.29 is 24.2 Å². The number of hydrogen-bond donors (Lipinski definition) is 3. The summed E-state index contributed by atoms with van der Waals surface area (Å²) in [5.41, 5.74) is 4.89. The zero-order valence-electron chi connectivity index (χ0n) is 9.22. The van der Waals surface area contributed by atoms with E-state index in [4.69, 9.17) is 15.6 Å². The molecule has 0 aliphatic carbocycles. The summed E-state index contributed by atoms with van der Waals surface area (Å²) >= 11 is 0. The summed E-state index contributed by atoms with van der Waals surface area (Å²) < 4.78 is 5.11. The lowest BCUT2D eigenvalue weighted by atomic mass is 10.1. The highest BCUT2D eigenvalue weighted by Crippen LogP contribution is 2.10. The highest BCUT2D eigenvalue weighted by Gasteiger charge is 2.29. The third kappa shape index (κ3) is 4.27. The number of nitrogens with zero attached hydrogens (tertiary/aromatic N) is 1. The molecule has 1 atom stereocenters. The van der Waals surface area contributed by atoms with Crippen LogP contribution in [0.15, 0.2) is 0 Å². The molecule has 8 heteroatoms. The number of nitrogens with one attached hydrogen (secondary N) is 1. The Morgan fingerprint density at radius 1 is 1.47 bits per heavy atom. The molecule has 17 heavy (non-hydrogen) atoms. The number of amides is 3. The zero-order chi connectivity index (χ0) is 12.8. The Hall–Kier alpha value is -1.83. The Bertz CT molecular complexity index is 320. The van der Waals surface area contributed by atoms with E-state index < -0.39 is 23.9 Å². The quantitative estimate of drug-likeness (QED) is 0.548. The summed E-state index contributed by atoms with van der Waals surface area (Å²) in [5.74, 6) is -1.66. The fourth-order valence-corrected chi connectivity index (χ4v) is 1.56. The Labute approximate surface area is 97.7 Å². The first-order valence-corrected chi connectivity index (χ1v) is 5.13. The van der Waals surface area contributed by atoms with E-state index in [-0.39, 0.29) is 19.6 Å².